The second kappa shape index (κ2) is 4.27. The molecule has 0 saturated carbocycles. The number of aryl methyl sites for hydroxylation is 2. The Balaban J connectivity index is 2.40. The fourth-order valence-corrected chi connectivity index (χ4v) is 1.86. The Morgan fingerprint density at radius 2 is 2.31 bits per heavy atom. The Labute approximate surface area is 98.3 Å². The molecule has 1 N–H and O–H groups in total. The Hall–Kier alpha value is -1.33. The lowest BCUT2D eigenvalue weighted by Gasteiger charge is -2.10. The largest absolute Gasteiger partial charge is 0.380 e. The molecule has 0 amide bonds. The standard InChI is InChI=1S/C10H13ClN4O/c1-3-15-9(7(11)6-12-15)10(16)8-4-5-14(2)13-8/h4-6,10,16H,3H2,1-2H3. The summed E-state index contributed by atoms with van der Waals surface area (Å²) in [5.74, 6) is 0. The first-order chi connectivity index (χ1) is 7.63. The minimum absolute atomic E-state index is 0.458. The predicted octanol–water partition coefficient (Wildman–Crippen LogP) is 1.37. The van der Waals surface area contributed by atoms with E-state index in [1.807, 2.05) is 6.92 Å². The molecule has 5 nitrogen and oxygen atoms in total. The predicted molar refractivity (Wildman–Crippen MR) is 60.2 cm³/mol. The van der Waals surface area contributed by atoms with E-state index in [2.05, 4.69) is 10.2 Å². The summed E-state index contributed by atoms with van der Waals surface area (Å²) in [4.78, 5) is 0. The molecule has 1 unspecified atom stereocenters. The summed E-state index contributed by atoms with van der Waals surface area (Å²) in [6.07, 6.45) is 2.47. The van der Waals surface area contributed by atoms with Crippen molar-refractivity contribution in [2.24, 2.45) is 7.05 Å². The van der Waals surface area contributed by atoms with Crippen LogP contribution >= 0.6 is 11.6 Å². The molecule has 0 radical (unpaired) electrons. The number of hydrogen-bond acceptors (Lipinski definition) is 3. The van der Waals surface area contributed by atoms with E-state index >= 15 is 0 Å². The Morgan fingerprint density at radius 1 is 1.56 bits per heavy atom. The molecule has 0 fully saturated rings. The maximum atomic E-state index is 10.2. The number of aromatic nitrogens is 4. The van der Waals surface area contributed by atoms with E-state index in [1.54, 1.807) is 28.7 Å². The normalized spacial score (nSPS) is 13.0. The average Bonchev–Trinajstić information content (AvgIpc) is 2.83. The number of hydrogen-bond donors (Lipinski definition) is 1. The minimum Gasteiger partial charge on any atom is -0.380 e. The van der Waals surface area contributed by atoms with Crippen LogP contribution in [0.3, 0.4) is 0 Å². The molecule has 0 aromatic carbocycles. The molecule has 2 rings (SSSR count). The Bertz CT molecular complexity index is 491. The van der Waals surface area contributed by atoms with E-state index in [0.29, 0.717) is 23.0 Å². The van der Waals surface area contributed by atoms with Gasteiger partial charge in [0.25, 0.3) is 0 Å². The molecule has 6 heteroatoms. The summed E-state index contributed by atoms with van der Waals surface area (Å²) in [5.41, 5.74) is 1.16. The van der Waals surface area contributed by atoms with E-state index in [-0.39, 0.29) is 0 Å². The number of nitrogens with zero attached hydrogens (tertiary/aromatic N) is 4. The third-order valence-corrected chi connectivity index (χ3v) is 2.70. The molecule has 2 heterocycles. The van der Waals surface area contributed by atoms with Crippen LogP contribution in [0.1, 0.15) is 24.4 Å². The van der Waals surface area contributed by atoms with Crippen LogP contribution in [0.4, 0.5) is 0 Å². The topological polar surface area (TPSA) is 55.9 Å². The highest BCUT2D eigenvalue weighted by atomic mass is 35.5. The maximum absolute atomic E-state index is 10.2. The minimum atomic E-state index is -0.837. The van der Waals surface area contributed by atoms with Gasteiger partial charge in [0.1, 0.15) is 6.10 Å². The molecular weight excluding hydrogens is 228 g/mol. The lowest BCUT2D eigenvalue weighted by molar-refractivity contribution is 0.202. The Morgan fingerprint density at radius 3 is 2.88 bits per heavy atom. The third-order valence-electron chi connectivity index (χ3n) is 2.41. The van der Waals surface area contributed by atoms with E-state index in [1.165, 1.54) is 6.20 Å². The summed E-state index contributed by atoms with van der Waals surface area (Å²) in [5, 5.41) is 18.9. The molecule has 2 aromatic heterocycles. The van der Waals surface area contributed by atoms with Gasteiger partial charge in [0, 0.05) is 19.8 Å². The molecule has 0 bridgehead atoms. The molecule has 0 aliphatic carbocycles. The zero-order valence-electron chi connectivity index (χ0n) is 9.13. The van der Waals surface area contributed by atoms with Crippen LogP contribution < -0.4 is 0 Å². The van der Waals surface area contributed by atoms with Gasteiger partial charge < -0.3 is 5.11 Å². The van der Waals surface area contributed by atoms with Gasteiger partial charge in [-0.3, -0.25) is 9.36 Å². The van der Waals surface area contributed by atoms with Crippen LogP contribution in [0.5, 0.6) is 0 Å². The number of halogens is 1. The third kappa shape index (κ3) is 1.83. The van der Waals surface area contributed by atoms with Gasteiger partial charge in [-0.25, -0.2) is 0 Å². The SMILES string of the molecule is CCn1ncc(Cl)c1C(O)c1ccn(C)n1. The summed E-state index contributed by atoms with van der Waals surface area (Å²) < 4.78 is 3.31. The monoisotopic (exact) mass is 240 g/mol. The number of aliphatic hydroxyl groups excluding tert-OH is 1. The van der Waals surface area contributed by atoms with E-state index in [4.69, 9.17) is 11.6 Å². The second-order valence-electron chi connectivity index (χ2n) is 3.51. The van der Waals surface area contributed by atoms with Crippen LogP contribution in [-0.2, 0) is 13.6 Å². The molecule has 0 aliphatic rings. The van der Waals surface area contributed by atoms with Gasteiger partial charge in [0.2, 0.25) is 0 Å². The van der Waals surface area contributed by atoms with Crippen molar-refractivity contribution in [2.75, 3.05) is 0 Å². The maximum Gasteiger partial charge on any atom is 0.141 e. The van der Waals surface area contributed by atoms with E-state index in [9.17, 15) is 5.11 Å². The quantitative estimate of drug-likeness (QED) is 0.882. The van der Waals surface area contributed by atoms with Crippen molar-refractivity contribution in [3.63, 3.8) is 0 Å². The van der Waals surface area contributed by atoms with Gasteiger partial charge in [-0.15, -0.1) is 0 Å². The van der Waals surface area contributed by atoms with Gasteiger partial charge in [0.05, 0.1) is 22.6 Å². The van der Waals surface area contributed by atoms with Crippen molar-refractivity contribution in [3.8, 4) is 0 Å². The number of aliphatic hydroxyl groups is 1. The zero-order valence-corrected chi connectivity index (χ0v) is 9.89. The van der Waals surface area contributed by atoms with Gasteiger partial charge in [-0.05, 0) is 13.0 Å². The van der Waals surface area contributed by atoms with Crippen molar-refractivity contribution >= 4 is 11.6 Å². The first-order valence-corrected chi connectivity index (χ1v) is 5.40. The second-order valence-corrected chi connectivity index (χ2v) is 3.92. The number of rotatable bonds is 3. The highest BCUT2D eigenvalue weighted by molar-refractivity contribution is 6.31. The van der Waals surface area contributed by atoms with Crippen LogP contribution in [0.2, 0.25) is 5.02 Å². The van der Waals surface area contributed by atoms with E-state index in [0.717, 1.165) is 0 Å². The summed E-state index contributed by atoms with van der Waals surface area (Å²) in [7, 11) is 1.80. The first-order valence-electron chi connectivity index (χ1n) is 5.02. The summed E-state index contributed by atoms with van der Waals surface area (Å²) in [6.45, 7) is 2.60. The molecule has 2 aromatic rings. The molecule has 1 atom stereocenters. The van der Waals surface area contributed by atoms with Crippen LogP contribution in [0.25, 0.3) is 0 Å². The first kappa shape index (κ1) is 11.2. The van der Waals surface area contributed by atoms with Crippen LogP contribution in [0, 0.1) is 0 Å². The van der Waals surface area contributed by atoms with Gasteiger partial charge in [0.15, 0.2) is 0 Å². The fraction of sp³-hybridized carbons (Fsp3) is 0.400. The Kier molecular flexibility index (Phi) is 2.98. The molecule has 16 heavy (non-hydrogen) atoms. The molecular formula is C10H13ClN4O. The lowest BCUT2D eigenvalue weighted by atomic mass is 10.2. The van der Waals surface area contributed by atoms with Crippen LogP contribution in [0.15, 0.2) is 18.5 Å². The highest BCUT2D eigenvalue weighted by Crippen LogP contribution is 2.26. The van der Waals surface area contributed by atoms with Crippen molar-refractivity contribution in [3.05, 3.63) is 34.9 Å². The summed E-state index contributed by atoms with van der Waals surface area (Å²) >= 11 is 6.00. The summed E-state index contributed by atoms with van der Waals surface area (Å²) in [6, 6.07) is 1.76. The van der Waals surface area contributed by atoms with Crippen LogP contribution in [-0.4, -0.2) is 24.7 Å². The fourth-order valence-electron chi connectivity index (χ4n) is 1.61. The zero-order chi connectivity index (χ0) is 11.7. The molecule has 0 spiro atoms. The van der Waals surface area contributed by atoms with Gasteiger partial charge in [-0.1, -0.05) is 11.6 Å². The molecule has 0 aliphatic heterocycles. The lowest BCUT2D eigenvalue weighted by Crippen LogP contribution is -2.10. The molecule has 0 saturated heterocycles. The van der Waals surface area contributed by atoms with Crippen molar-refractivity contribution < 1.29 is 5.11 Å². The van der Waals surface area contributed by atoms with Crippen molar-refractivity contribution in [1.82, 2.24) is 19.6 Å². The van der Waals surface area contributed by atoms with Crippen molar-refractivity contribution in [1.29, 1.82) is 0 Å². The average molecular weight is 241 g/mol. The van der Waals surface area contributed by atoms with Crippen molar-refractivity contribution in [2.45, 2.75) is 19.6 Å². The smallest absolute Gasteiger partial charge is 0.141 e. The highest BCUT2D eigenvalue weighted by Gasteiger charge is 2.21. The molecule has 86 valence electrons. The van der Waals surface area contributed by atoms with Gasteiger partial charge in [-0.2, -0.15) is 10.2 Å². The van der Waals surface area contributed by atoms with Gasteiger partial charge >= 0.3 is 0 Å². The van der Waals surface area contributed by atoms with E-state index < -0.39 is 6.10 Å².